The maximum atomic E-state index is 12.3. The van der Waals surface area contributed by atoms with E-state index < -0.39 is 20.0 Å². The zero-order valence-electron chi connectivity index (χ0n) is 11.3. The minimum absolute atomic E-state index is 0.0881. The Hall–Kier alpha value is -1.91. The van der Waals surface area contributed by atoms with Gasteiger partial charge in [0.15, 0.2) is 5.03 Å². The molecule has 1 heterocycles. The van der Waals surface area contributed by atoms with Crippen LogP contribution in [0.5, 0.6) is 0 Å². The minimum atomic E-state index is -3.81. The van der Waals surface area contributed by atoms with Gasteiger partial charge in [-0.25, -0.2) is 18.5 Å². The molecule has 0 aliphatic heterocycles. The van der Waals surface area contributed by atoms with Crippen LogP contribution in [0.4, 0.5) is 5.69 Å². The highest BCUT2D eigenvalue weighted by atomic mass is 32.2. The first kappa shape index (κ1) is 15.5. The largest absolute Gasteiger partial charge is 0.339 e. The Balaban J connectivity index is 2.38. The SMILES string of the molecule is CN(c1ccc(S(N)(=O)=O)cc1)S(=O)(=O)c1cn(C)cn1. The maximum absolute atomic E-state index is 12.3. The number of benzene rings is 1. The van der Waals surface area contributed by atoms with Gasteiger partial charge in [0, 0.05) is 20.3 Å². The number of hydrogen-bond donors (Lipinski definition) is 1. The van der Waals surface area contributed by atoms with Gasteiger partial charge in [0.1, 0.15) is 0 Å². The number of nitrogens with zero attached hydrogens (tertiary/aromatic N) is 3. The highest BCUT2D eigenvalue weighted by Crippen LogP contribution is 2.22. The van der Waals surface area contributed by atoms with Crippen molar-refractivity contribution in [3.05, 3.63) is 36.8 Å². The monoisotopic (exact) mass is 330 g/mol. The van der Waals surface area contributed by atoms with Crippen molar-refractivity contribution in [2.24, 2.45) is 12.2 Å². The van der Waals surface area contributed by atoms with Crippen LogP contribution in [0.1, 0.15) is 0 Å². The number of hydrogen-bond acceptors (Lipinski definition) is 5. The smallest absolute Gasteiger partial charge is 0.283 e. The summed E-state index contributed by atoms with van der Waals surface area (Å²) < 4.78 is 49.5. The van der Waals surface area contributed by atoms with E-state index in [0.29, 0.717) is 5.69 Å². The van der Waals surface area contributed by atoms with Crippen molar-refractivity contribution in [1.82, 2.24) is 9.55 Å². The Morgan fingerprint density at radius 1 is 1.14 bits per heavy atom. The molecule has 2 aromatic rings. The molecule has 0 fully saturated rings. The lowest BCUT2D eigenvalue weighted by Crippen LogP contribution is -2.27. The molecule has 1 aromatic carbocycles. The third kappa shape index (κ3) is 3.06. The van der Waals surface area contributed by atoms with Crippen LogP contribution in [-0.2, 0) is 27.1 Å². The Bertz CT molecular complexity index is 854. The van der Waals surface area contributed by atoms with Gasteiger partial charge in [-0.15, -0.1) is 0 Å². The van der Waals surface area contributed by atoms with Gasteiger partial charge in [0.2, 0.25) is 10.0 Å². The number of aryl methyl sites for hydroxylation is 1. The van der Waals surface area contributed by atoms with E-state index in [9.17, 15) is 16.8 Å². The Kier molecular flexibility index (Phi) is 3.78. The van der Waals surface area contributed by atoms with Crippen LogP contribution in [0.25, 0.3) is 0 Å². The number of imidazole rings is 1. The van der Waals surface area contributed by atoms with Gasteiger partial charge in [-0.2, -0.15) is 8.42 Å². The summed E-state index contributed by atoms with van der Waals surface area (Å²) in [5, 5.41) is 4.90. The van der Waals surface area contributed by atoms with Gasteiger partial charge in [-0.1, -0.05) is 0 Å². The Labute approximate surface area is 122 Å². The molecular formula is C11H14N4O4S2. The lowest BCUT2D eigenvalue weighted by Gasteiger charge is -2.18. The summed E-state index contributed by atoms with van der Waals surface area (Å²) in [6.07, 6.45) is 2.76. The van der Waals surface area contributed by atoms with Crippen LogP contribution in [-0.4, -0.2) is 33.4 Å². The highest BCUT2D eigenvalue weighted by Gasteiger charge is 2.24. The molecule has 0 atom stereocenters. The normalized spacial score (nSPS) is 12.3. The summed E-state index contributed by atoms with van der Waals surface area (Å²) in [5.74, 6) is 0. The molecule has 2 rings (SSSR count). The summed E-state index contributed by atoms with van der Waals surface area (Å²) in [6, 6.07) is 5.21. The van der Waals surface area contributed by atoms with E-state index in [0.717, 1.165) is 4.31 Å². The van der Waals surface area contributed by atoms with E-state index in [1.807, 2.05) is 0 Å². The van der Waals surface area contributed by atoms with Gasteiger partial charge >= 0.3 is 0 Å². The number of sulfonamides is 2. The zero-order valence-corrected chi connectivity index (χ0v) is 13.0. The molecule has 0 saturated heterocycles. The number of nitrogens with two attached hydrogens (primary N) is 1. The van der Waals surface area contributed by atoms with Crippen molar-refractivity contribution >= 4 is 25.7 Å². The van der Waals surface area contributed by atoms with Crippen molar-refractivity contribution in [1.29, 1.82) is 0 Å². The second-order valence-corrected chi connectivity index (χ2v) is 7.87. The van der Waals surface area contributed by atoms with Crippen LogP contribution < -0.4 is 9.44 Å². The molecule has 114 valence electrons. The summed E-state index contributed by atoms with van der Waals surface area (Å²) in [4.78, 5) is 3.72. The van der Waals surface area contributed by atoms with E-state index in [-0.39, 0.29) is 9.92 Å². The maximum Gasteiger partial charge on any atom is 0.283 e. The second kappa shape index (κ2) is 5.13. The van der Waals surface area contributed by atoms with E-state index in [4.69, 9.17) is 5.14 Å². The summed E-state index contributed by atoms with van der Waals surface area (Å²) >= 11 is 0. The van der Waals surface area contributed by atoms with Crippen molar-refractivity contribution in [3.63, 3.8) is 0 Å². The average molecular weight is 330 g/mol. The zero-order chi connectivity index (χ0) is 15.8. The molecule has 0 amide bonds. The molecule has 0 unspecified atom stereocenters. The molecule has 10 heteroatoms. The quantitative estimate of drug-likeness (QED) is 0.840. The van der Waals surface area contributed by atoms with Crippen LogP contribution in [0.3, 0.4) is 0 Å². The molecule has 21 heavy (non-hydrogen) atoms. The predicted molar refractivity (Wildman–Crippen MR) is 76.6 cm³/mol. The number of aromatic nitrogens is 2. The molecule has 0 bridgehead atoms. The second-order valence-electron chi connectivity index (χ2n) is 4.39. The van der Waals surface area contributed by atoms with Gasteiger partial charge in [-0.05, 0) is 24.3 Å². The minimum Gasteiger partial charge on any atom is -0.339 e. The van der Waals surface area contributed by atoms with E-state index in [1.54, 1.807) is 7.05 Å². The molecule has 1 aromatic heterocycles. The fourth-order valence-corrected chi connectivity index (χ4v) is 3.32. The van der Waals surface area contributed by atoms with Crippen LogP contribution >= 0.6 is 0 Å². The third-order valence-electron chi connectivity index (χ3n) is 2.83. The standard InChI is InChI=1S/C11H14N4O4S2/c1-14-7-11(13-8-14)21(18,19)15(2)9-3-5-10(6-4-9)20(12,16)17/h3-8H,1-2H3,(H2,12,16,17). The molecule has 8 nitrogen and oxygen atoms in total. The Morgan fingerprint density at radius 2 is 1.71 bits per heavy atom. The topological polar surface area (TPSA) is 115 Å². The Morgan fingerprint density at radius 3 is 2.14 bits per heavy atom. The van der Waals surface area contributed by atoms with Crippen molar-refractivity contribution in [2.75, 3.05) is 11.4 Å². The lowest BCUT2D eigenvalue weighted by molar-refractivity contribution is 0.591. The molecule has 0 aliphatic rings. The molecule has 2 N–H and O–H groups in total. The molecule has 0 aliphatic carbocycles. The first-order valence-corrected chi connectivity index (χ1v) is 8.71. The van der Waals surface area contributed by atoms with Crippen molar-refractivity contribution in [3.8, 4) is 0 Å². The lowest BCUT2D eigenvalue weighted by atomic mass is 10.3. The van der Waals surface area contributed by atoms with Crippen LogP contribution in [0, 0.1) is 0 Å². The number of rotatable bonds is 4. The van der Waals surface area contributed by atoms with Crippen molar-refractivity contribution < 1.29 is 16.8 Å². The summed E-state index contributed by atoms with van der Waals surface area (Å²) in [7, 11) is -4.60. The van der Waals surface area contributed by atoms with Gasteiger partial charge in [0.05, 0.1) is 16.9 Å². The van der Waals surface area contributed by atoms with Crippen LogP contribution in [0.15, 0.2) is 46.7 Å². The molecule has 0 saturated carbocycles. The molecule has 0 spiro atoms. The fourth-order valence-electron chi connectivity index (χ4n) is 1.65. The first-order valence-electron chi connectivity index (χ1n) is 5.72. The van der Waals surface area contributed by atoms with Gasteiger partial charge in [0.25, 0.3) is 10.0 Å². The summed E-state index contributed by atoms with van der Waals surface area (Å²) in [6.45, 7) is 0. The number of anilines is 1. The third-order valence-corrected chi connectivity index (χ3v) is 5.44. The fraction of sp³-hybridized carbons (Fsp3) is 0.182. The number of primary sulfonamides is 1. The average Bonchev–Trinajstić information content (AvgIpc) is 2.84. The van der Waals surface area contributed by atoms with Crippen molar-refractivity contribution in [2.45, 2.75) is 9.92 Å². The van der Waals surface area contributed by atoms with E-state index in [2.05, 4.69) is 4.98 Å². The predicted octanol–water partition coefficient (Wildman–Crippen LogP) is -0.107. The van der Waals surface area contributed by atoms with E-state index >= 15 is 0 Å². The summed E-state index contributed by atoms with van der Waals surface area (Å²) in [5.41, 5.74) is 0.299. The molecule has 0 radical (unpaired) electrons. The van der Waals surface area contributed by atoms with Crippen LogP contribution in [0.2, 0.25) is 0 Å². The van der Waals surface area contributed by atoms with E-state index in [1.165, 1.54) is 48.4 Å². The molecular weight excluding hydrogens is 316 g/mol. The highest BCUT2D eigenvalue weighted by molar-refractivity contribution is 7.92. The first-order chi connectivity index (χ1) is 9.62. The van der Waals surface area contributed by atoms with Gasteiger partial charge in [-0.3, -0.25) is 4.31 Å². The van der Waals surface area contributed by atoms with Gasteiger partial charge < -0.3 is 4.57 Å².